The smallest absolute Gasteiger partial charge is 0.324 e. The maximum atomic E-state index is 14.6. The highest BCUT2D eigenvalue weighted by molar-refractivity contribution is 5.96. The molecule has 4 atom stereocenters. The highest BCUT2D eigenvalue weighted by Crippen LogP contribution is 2.42. The van der Waals surface area contributed by atoms with Crippen molar-refractivity contribution in [3.05, 3.63) is 71.5 Å². The second kappa shape index (κ2) is 17.7. The number of aromatic nitrogens is 2. The second-order valence-corrected chi connectivity index (χ2v) is 18.2. The molecule has 2 aromatic carbocycles. The van der Waals surface area contributed by atoms with Gasteiger partial charge in [0.25, 0.3) is 5.91 Å². The molecular formula is C47H61N7O7. The first-order valence-electron chi connectivity index (χ1n) is 21.5. The monoisotopic (exact) mass is 835 g/mol. The van der Waals surface area contributed by atoms with E-state index >= 15 is 0 Å². The number of esters is 1. The first-order chi connectivity index (χ1) is 29.1. The third-order valence-corrected chi connectivity index (χ3v) is 12.8. The fraction of sp³-hybridized carbons (Fsp3) is 0.511. The summed E-state index contributed by atoms with van der Waals surface area (Å²) in [5.74, 6) is -1.45. The highest BCUT2D eigenvalue weighted by Gasteiger charge is 2.47. The molecule has 0 saturated carbocycles. The molecule has 14 heteroatoms. The van der Waals surface area contributed by atoms with Crippen LogP contribution in [0.4, 0.5) is 0 Å². The van der Waals surface area contributed by atoms with Gasteiger partial charge in [0, 0.05) is 67.8 Å². The number of hydrazine groups is 1. The Kier molecular flexibility index (Phi) is 12.7. The van der Waals surface area contributed by atoms with E-state index in [1.807, 2.05) is 39.0 Å². The van der Waals surface area contributed by atoms with E-state index in [0.29, 0.717) is 51.0 Å². The normalized spacial score (nSPS) is 21.4. The number of aryl methyl sites for hydroxylation is 1. The minimum Gasteiger partial charge on any atom is -0.508 e. The first kappa shape index (κ1) is 43.9. The van der Waals surface area contributed by atoms with Gasteiger partial charge >= 0.3 is 5.97 Å². The molecule has 3 aliphatic rings. The van der Waals surface area contributed by atoms with Gasteiger partial charge in [-0.3, -0.25) is 29.3 Å². The van der Waals surface area contributed by atoms with Crippen LogP contribution in [0.1, 0.15) is 77.3 Å². The van der Waals surface area contributed by atoms with Crippen LogP contribution in [-0.2, 0) is 48.0 Å². The topological polar surface area (TPSA) is 167 Å². The number of hydrogen-bond donors (Lipinski definition) is 4. The zero-order valence-corrected chi connectivity index (χ0v) is 36.7. The van der Waals surface area contributed by atoms with Crippen LogP contribution in [0.25, 0.3) is 33.3 Å². The molecule has 326 valence electrons. The van der Waals surface area contributed by atoms with E-state index in [0.717, 1.165) is 50.8 Å². The number of carbonyl (C=O) groups is 4. The lowest BCUT2D eigenvalue weighted by atomic mass is 9.84. The van der Waals surface area contributed by atoms with E-state index < -0.39 is 46.9 Å². The molecule has 4 N–H and O–H groups in total. The number of pyridine rings is 1. The molecule has 0 radical (unpaired) electrons. The van der Waals surface area contributed by atoms with Crippen LogP contribution < -0.4 is 16.1 Å². The summed E-state index contributed by atoms with van der Waals surface area (Å²) in [6.45, 7) is 14.1. The average molecular weight is 836 g/mol. The van der Waals surface area contributed by atoms with Crippen molar-refractivity contribution in [1.82, 2.24) is 35.5 Å². The zero-order valence-electron chi connectivity index (χ0n) is 36.7. The lowest BCUT2D eigenvalue weighted by molar-refractivity contribution is -0.155. The molecule has 0 unspecified atom stereocenters. The fourth-order valence-corrected chi connectivity index (χ4v) is 9.32. The average Bonchev–Trinajstić information content (AvgIpc) is 3.52. The summed E-state index contributed by atoms with van der Waals surface area (Å²) in [6.07, 6.45) is 4.02. The van der Waals surface area contributed by atoms with Crippen LogP contribution in [-0.4, -0.2) is 113 Å². The van der Waals surface area contributed by atoms with Crippen LogP contribution >= 0.6 is 0 Å². The number of phenolic OH excluding ortho intramolecular Hbond substituents is 1. The Hall–Kier alpha value is -5.15. The number of nitrogens with zero attached hydrogens (tertiary/aromatic N) is 4. The number of rotatable bonds is 10. The van der Waals surface area contributed by atoms with E-state index in [4.69, 9.17) is 14.5 Å². The summed E-state index contributed by atoms with van der Waals surface area (Å²) in [5.41, 5.74) is 8.91. The van der Waals surface area contributed by atoms with Crippen molar-refractivity contribution in [2.75, 3.05) is 40.4 Å². The van der Waals surface area contributed by atoms with Gasteiger partial charge in [-0.05, 0) is 105 Å². The van der Waals surface area contributed by atoms with Gasteiger partial charge < -0.3 is 34.6 Å². The molecule has 7 rings (SSSR count). The number of fused-ring (bicyclic) bond motifs is 6. The van der Waals surface area contributed by atoms with E-state index in [2.05, 4.69) is 59.6 Å². The molecule has 4 aromatic rings. The number of phenols is 1. The van der Waals surface area contributed by atoms with Crippen molar-refractivity contribution < 1.29 is 33.8 Å². The zero-order chi connectivity index (χ0) is 43.8. The number of nitrogens with one attached hydrogen (secondary N) is 3. The lowest BCUT2D eigenvalue weighted by Crippen LogP contribution is -2.73. The fourth-order valence-electron chi connectivity index (χ4n) is 9.32. The number of likely N-dealkylation sites (N-methyl/N-ethyl adjacent to an activating group) is 1. The predicted molar refractivity (Wildman–Crippen MR) is 233 cm³/mol. The number of aldehydes is 1. The van der Waals surface area contributed by atoms with Crippen molar-refractivity contribution >= 4 is 35.0 Å². The number of amides is 2. The summed E-state index contributed by atoms with van der Waals surface area (Å²) >= 11 is 0. The van der Waals surface area contributed by atoms with E-state index in [9.17, 15) is 24.3 Å². The Balaban J connectivity index is 1.36. The Bertz CT molecular complexity index is 2300. The Morgan fingerprint density at radius 3 is 2.57 bits per heavy atom. The largest absolute Gasteiger partial charge is 0.508 e. The molecule has 5 heterocycles. The number of hydrogen-bond acceptors (Lipinski definition) is 11. The first-order valence-corrected chi connectivity index (χ1v) is 21.5. The van der Waals surface area contributed by atoms with Crippen molar-refractivity contribution in [3.63, 3.8) is 0 Å². The van der Waals surface area contributed by atoms with Crippen molar-refractivity contribution in [2.45, 2.75) is 104 Å². The standard InChI is InChI=1S/C47H61N7O7/c1-9-53-39-15-14-31-22-35(39)36(42(53)34-12-10-16-49-40(34)29(4)60-8)23-46(5,6)27-61-45(59)37-13-11-17-54(51-37)44(58)38(20-30-18-32(31)21-33(56)19-30)50-43(57)41(28(2)3)52(7)47(26-55)24-48-25-47/h10,12,14-16,18-19,21-22,26,28-29,37-38,41,48,51,56H,9,11,13,17,20,23-25,27H2,1-8H3,(H,50,57)/t29-,37-,38-,41-/m0/s1. The molecule has 3 aliphatic heterocycles. The minimum absolute atomic E-state index is 0.0189. The van der Waals surface area contributed by atoms with Crippen LogP contribution in [0, 0.1) is 11.3 Å². The van der Waals surface area contributed by atoms with E-state index in [1.165, 1.54) is 5.01 Å². The Morgan fingerprint density at radius 2 is 1.90 bits per heavy atom. The third-order valence-electron chi connectivity index (χ3n) is 12.8. The van der Waals surface area contributed by atoms with Gasteiger partial charge in [-0.1, -0.05) is 39.8 Å². The molecule has 2 saturated heterocycles. The second-order valence-electron chi connectivity index (χ2n) is 18.2. The molecule has 0 spiro atoms. The van der Waals surface area contributed by atoms with Gasteiger partial charge in [0.2, 0.25) is 5.91 Å². The lowest BCUT2D eigenvalue weighted by Gasteiger charge is -2.48. The number of methoxy groups -OCH3 is 1. The predicted octanol–water partition coefficient (Wildman–Crippen LogP) is 4.95. The van der Waals surface area contributed by atoms with Crippen LogP contribution in [0.15, 0.2) is 54.7 Å². The van der Waals surface area contributed by atoms with Crippen LogP contribution in [0.2, 0.25) is 0 Å². The van der Waals surface area contributed by atoms with Gasteiger partial charge in [0.05, 0.1) is 30.1 Å². The SMILES string of the molecule is CCn1c(-c2cccnc2[C@H](C)OC)c2c3cc(ccc31)-c1cc(O)cc(c1)C[C@H](NC(=O)[C@H](C(C)C)N(C)C1(C=O)CNC1)C(=O)N1CCC[C@H](N1)C(=O)OCC(C)(C)C2. The number of ether oxygens (including phenoxy) is 2. The van der Waals surface area contributed by atoms with Crippen LogP contribution in [0.5, 0.6) is 5.75 Å². The molecule has 61 heavy (non-hydrogen) atoms. The van der Waals surface area contributed by atoms with E-state index in [1.54, 1.807) is 37.4 Å². The van der Waals surface area contributed by atoms with Gasteiger partial charge in [-0.2, -0.15) is 0 Å². The number of aromatic hydroxyl groups is 1. The summed E-state index contributed by atoms with van der Waals surface area (Å²) in [7, 11) is 3.45. The van der Waals surface area contributed by atoms with Crippen LogP contribution in [0.3, 0.4) is 0 Å². The highest BCUT2D eigenvalue weighted by atomic mass is 16.5. The summed E-state index contributed by atoms with van der Waals surface area (Å²) in [5, 5.41) is 19.9. The van der Waals surface area contributed by atoms with Gasteiger partial charge in [-0.15, -0.1) is 0 Å². The quantitative estimate of drug-likeness (QED) is 0.126. The summed E-state index contributed by atoms with van der Waals surface area (Å²) in [4.78, 5) is 61.7. The van der Waals surface area contributed by atoms with Gasteiger partial charge in [0.1, 0.15) is 29.7 Å². The Morgan fingerprint density at radius 1 is 1.13 bits per heavy atom. The maximum Gasteiger partial charge on any atom is 0.324 e. The molecule has 2 aromatic heterocycles. The van der Waals surface area contributed by atoms with Crippen molar-refractivity contribution in [1.29, 1.82) is 0 Å². The molecule has 14 nitrogen and oxygen atoms in total. The Labute approximate surface area is 358 Å². The van der Waals surface area contributed by atoms with Crippen molar-refractivity contribution in [3.8, 4) is 28.1 Å². The molecule has 6 bridgehead atoms. The molecule has 2 fully saturated rings. The summed E-state index contributed by atoms with van der Waals surface area (Å²) in [6, 6.07) is 13.0. The minimum atomic E-state index is -1.08. The van der Waals surface area contributed by atoms with E-state index in [-0.39, 0.29) is 30.8 Å². The molecule has 2 amide bonds. The number of benzene rings is 2. The van der Waals surface area contributed by atoms with Crippen molar-refractivity contribution in [2.24, 2.45) is 11.3 Å². The number of cyclic esters (lactones) is 1. The molecular weight excluding hydrogens is 775 g/mol. The third kappa shape index (κ3) is 8.68. The van der Waals surface area contributed by atoms with Gasteiger partial charge in [-0.25, -0.2) is 5.43 Å². The summed E-state index contributed by atoms with van der Waals surface area (Å²) < 4.78 is 14.2. The molecule has 0 aliphatic carbocycles. The number of carbonyl (C=O) groups excluding carboxylic acids is 4. The maximum absolute atomic E-state index is 14.6. The van der Waals surface area contributed by atoms with Gasteiger partial charge in [0.15, 0.2) is 0 Å².